The highest BCUT2D eigenvalue weighted by Crippen LogP contribution is 2.02. The molecule has 0 spiro atoms. The average molecular weight is 264 g/mol. The Kier molecular flexibility index (Phi) is 6.71. The van der Waals surface area contributed by atoms with Crippen molar-refractivity contribution in [3.8, 4) is 0 Å². The molecule has 0 aromatic heterocycles. The standard InChI is InChI=1S/C8H10FN.C7H8FN/c9-8-3-1-2-7(6-8)4-5-10;8-7-3-1-6(5-9)2-4-7/h1-3,6H,4-5,10H2;1-4H,5,9H2. The summed E-state index contributed by atoms with van der Waals surface area (Å²) in [5.41, 5.74) is 12.5. The fraction of sp³-hybridized carbons (Fsp3) is 0.200. The minimum absolute atomic E-state index is 0.189. The zero-order valence-electron chi connectivity index (χ0n) is 10.7. The Morgan fingerprint density at radius 1 is 0.789 bits per heavy atom. The number of hydrogen-bond donors (Lipinski definition) is 2. The third-order valence-corrected chi connectivity index (χ3v) is 2.47. The minimum Gasteiger partial charge on any atom is -0.330 e. The molecule has 0 saturated carbocycles. The van der Waals surface area contributed by atoms with Gasteiger partial charge in [0.2, 0.25) is 0 Å². The lowest BCUT2D eigenvalue weighted by atomic mass is 10.1. The molecule has 0 aliphatic carbocycles. The minimum atomic E-state index is -0.216. The monoisotopic (exact) mass is 264 g/mol. The van der Waals surface area contributed by atoms with Crippen LogP contribution in [-0.4, -0.2) is 6.54 Å². The van der Waals surface area contributed by atoms with Gasteiger partial charge in [0.1, 0.15) is 11.6 Å². The molecule has 0 heterocycles. The Hall–Kier alpha value is -1.78. The molecule has 2 aromatic rings. The number of rotatable bonds is 3. The number of hydrogen-bond acceptors (Lipinski definition) is 2. The van der Waals surface area contributed by atoms with Gasteiger partial charge in [-0.15, -0.1) is 0 Å². The first-order valence-corrected chi connectivity index (χ1v) is 6.04. The molecule has 4 N–H and O–H groups in total. The van der Waals surface area contributed by atoms with E-state index in [1.165, 1.54) is 24.3 Å². The van der Waals surface area contributed by atoms with Crippen molar-refractivity contribution in [2.45, 2.75) is 13.0 Å². The summed E-state index contributed by atoms with van der Waals surface area (Å²) in [6.07, 6.45) is 0.748. The lowest BCUT2D eigenvalue weighted by molar-refractivity contribution is 0.625. The zero-order valence-corrected chi connectivity index (χ0v) is 10.7. The van der Waals surface area contributed by atoms with Gasteiger partial charge in [-0.3, -0.25) is 0 Å². The summed E-state index contributed by atoms with van der Waals surface area (Å²) in [6.45, 7) is 1.05. The summed E-state index contributed by atoms with van der Waals surface area (Å²) >= 11 is 0. The van der Waals surface area contributed by atoms with Gasteiger partial charge in [0.25, 0.3) is 0 Å². The summed E-state index contributed by atoms with van der Waals surface area (Å²) in [5, 5.41) is 0. The Bertz CT molecular complexity index is 484. The Morgan fingerprint density at radius 3 is 2.00 bits per heavy atom. The van der Waals surface area contributed by atoms with Crippen molar-refractivity contribution in [3.63, 3.8) is 0 Å². The van der Waals surface area contributed by atoms with E-state index in [1.807, 2.05) is 6.07 Å². The van der Waals surface area contributed by atoms with Crippen LogP contribution in [0.2, 0.25) is 0 Å². The van der Waals surface area contributed by atoms with Gasteiger partial charge in [0.15, 0.2) is 0 Å². The van der Waals surface area contributed by atoms with Crippen LogP contribution in [0.3, 0.4) is 0 Å². The summed E-state index contributed by atoms with van der Waals surface area (Å²) in [5.74, 6) is -0.404. The molecule has 2 aromatic carbocycles. The summed E-state index contributed by atoms with van der Waals surface area (Å²) in [4.78, 5) is 0. The Balaban J connectivity index is 0.000000191. The van der Waals surface area contributed by atoms with Crippen molar-refractivity contribution in [2.75, 3.05) is 6.54 Å². The Morgan fingerprint density at radius 2 is 1.47 bits per heavy atom. The van der Waals surface area contributed by atoms with E-state index in [0.29, 0.717) is 13.1 Å². The molecule has 2 rings (SSSR count). The first kappa shape index (κ1) is 15.3. The molecule has 0 aliphatic rings. The smallest absolute Gasteiger partial charge is 0.123 e. The quantitative estimate of drug-likeness (QED) is 0.895. The van der Waals surface area contributed by atoms with Crippen LogP contribution in [0.1, 0.15) is 11.1 Å². The largest absolute Gasteiger partial charge is 0.330 e. The summed E-state index contributed by atoms with van der Waals surface area (Å²) in [7, 11) is 0. The predicted octanol–water partition coefficient (Wildman–Crippen LogP) is 2.61. The predicted molar refractivity (Wildman–Crippen MR) is 73.4 cm³/mol. The molecular formula is C15H18F2N2. The second-order valence-corrected chi connectivity index (χ2v) is 4.00. The molecule has 4 heteroatoms. The molecule has 0 aliphatic heterocycles. The maximum absolute atomic E-state index is 12.4. The van der Waals surface area contributed by atoms with Crippen LogP contribution in [0, 0.1) is 11.6 Å². The number of nitrogens with two attached hydrogens (primary N) is 2. The van der Waals surface area contributed by atoms with Crippen LogP contribution in [0.15, 0.2) is 48.5 Å². The average Bonchev–Trinajstić information content (AvgIpc) is 2.41. The van der Waals surface area contributed by atoms with Crippen LogP contribution in [0.25, 0.3) is 0 Å². The van der Waals surface area contributed by atoms with Crippen molar-refractivity contribution >= 4 is 0 Å². The summed E-state index contributed by atoms with van der Waals surface area (Å²) in [6, 6.07) is 12.7. The van der Waals surface area contributed by atoms with Crippen LogP contribution >= 0.6 is 0 Å². The number of benzene rings is 2. The fourth-order valence-corrected chi connectivity index (χ4v) is 1.48. The molecule has 0 amide bonds. The third-order valence-electron chi connectivity index (χ3n) is 2.47. The van der Waals surface area contributed by atoms with Crippen molar-refractivity contribution in [2.24, 2.45) is 11.5 Å². The molecule has 0 unspecified atom stereocenters. The van der Waals surface area contributed by atoms with Gasteiger partial charge in [-0.05, 0) is 48.4 Å². The van der Waals surface area contributed by atoms with Crippen LogP contribution in [-0.2, 0) is 13.0 Å². The van der Waals surface area contributed by atoms with E-state index < -0.39 is 0 Å². The molecule has 0 saturated heterocycles. The molecule has 2 nitrogen and oxygen atoms in total. The van der Waals surface area contributed by atoms with E-state index in [-0.39, 0.29) is 11.6 Å². The zero-order chi connectivity index (χ0) is 14.1. The van der Waals surface area contributed by atoms with Gasteiger partial charge in [0, 0.05) is 6.54 Å². The van der Waals surface area contributed by atoms with E-state index in [4.69, 9.17) is 11.5 Å². The van der Waals surface area contributed by atoms with Crippen molar-refractivity contribution < 1.29 is 8.78 Å². The first-order valence-electron chi connectivity index (χ1n) is 6.04. The normalized spacial score (nSPS) is 9.68. The van der Waals surface area contributed by atoms with Gasteiger partial charge in [0.05, 0.1) is 0 Å². The van der Waals surface area contributed by atoms with Gasteiger partial charge >= 0.3 is 0 Å². The van der Waals surface area contributed by atoms with Crippen molar-refractivity contribution in [1.82, 2.24) is 0 Å². The van der Waals surface area contributed by atoms with E-state index in [9.17, 15) is 8.78 Å². The lowest BCUT2D eigenvalue weighted by Gasteiger charge is -1.96. The van der Waals surface area contributed by atoms with Gasteiger partial charge in [-0.25, -0.2) is 8.78 Å². The molecule has 0 bridgehead atoms. The molecule has 102 valence electrons. The van der Waals surface area contributed by atoms with E-state index in [2.05, 4.69) is 0 Å². The van der Waals surface area contributed by atoms with Crippen LogP contribution < -0.4 is 11.5 Å². The maximum atomic E-state index is 12.4. The lowest BCUT2D eigenvalue weighted by Crippen LogP contribution is -2.02. The van der Waals surface area contributed by atoms with Gasteiger partial charge < -0.3 is 11.5 Å². The molecule has 0 radical (unpaired) electrons. The SMILES string of the molecule is NCCc1cccc(F)c1.NCc1ccc(F)cc1. The van der Waals surface area contributed by atoms with Gasteiger partial charge in [-0.2, -0.15) is 0 Å². The topological polar surface area (TPSA) is 52.0 Å². The fourth-order valence-electron chi connectivity index (χ4n) is 1.48. The van der Waals surface area contributed by atoms with E-state index in [0.717, 1.165) is 17.5 Å². The van der Waals surface area contributed by atoms with Crippen LogP contribution in [0.4, 0.5) is 8.78 Å². The first-order chi connectivity index (χ1) is 9.15. The van der Waals surface area contributed by atoms with Crippen molar-refractivity contribution in [3.05, 3.63) is 71.3 Å². The highest BCUT2D eigenvalue weighted by atomic mass is 19.1. The Labute approximate surface area is 112 Å². The molecule has 0 fully saturated rings. The summed E-state index contributed by atoms with van der Waals surface area (Å²) < 4.78 is 24.6. The molecular weight excluding hydrogens is 246 g/mol. The maximum Gasteiger partial charge on any atom is 0.123 e. The van der Waals surface area contributed by atoms with Gasteiger partial charge in [-0.1, -0.05) is 24.3 Å². The van der Waals surface area contributed by atoms with E-state index in [1.54, 1.807) is 18.2 Å². The number of halogens is 2. The second kappa shape index (κ2) is 8.34. The second-order valence-electron chi connectivity index (χ2n) is 4.00. The highest BCUT2D eigenvalue weighted by molar-refractivity contribution is 5.16. The highest BCUT2D eigenvalue weighted by Gasteiger charge is 1.91. The van der Waals surface area contributed by atoms with Crippen molar-refractivity contribution in [1.29, 1.82) is 0 Å². The van der Waals surface area contributed by atoms with E-state index >= 15 is 0 Å². The molecule has 19 heavy (non-hydrogen) atoms. The third kappa shape index (κ3) is 6.08. The molecule has 0 atom stereocenters. The van der Waals surface area contributed by atoms with Crippen LogP contribution in [0.5, 0.6) is 0 Å².